The average Bonchev–Trinajstić information content (AvgIpc) is 2.58. The quantitative estimate of drug-likeness (QED) is 0.574. The van der Waals surface area contributed by atoms with Crippen molar-refractivity contribution in [3.63, 3.8) is 0 Å². The predicted molar refractivity (Wildman–Crippen MR) is 101 cm³/mol. The minimum Gasteiger partial charge on any atom is -0.343 e. The van der Waals surface area contributed by atoms with E-state index in [2.05, 4.69) is 12.2 Å². The molecule has 0 spiro atoms. The summed E-state index contributed by atoms with van der Waals surface area (Å²) in [6.07, 6.45) is 1.71. The molecule has 1 aromatic carbocycles. The van der Waals surface area contributed by atoms with Crippen LogP contribution in [0.3, 0.4) is 0 Å². The zero-order valence-corrected chi connectivity index (χ0v) is 15.9. The molecular weight excluding hydrogens is 383 g/mol. The number of hydrogen-bond acceptors (Lipinski definition) is 5. The molecule has 2 atom stereocenters. The topological polar surface area (TPSA) is 119 Å². The Bertz CT molecular complexity index is 686. The van der Waals surface area contributed by atoms with E-state index in [9.17, 15) is 19.7 Å². The van der Waals surface area contributed by atoms with Gasteiger partial charge in [-0.25, -0.2) is 0 Å². The summed E-state index contributed by atoms with van der Waals surface area (Å²) in [4.78, 5) is 36.7. The van der Waals surface area contributed by atoms with Gasteiger partial charge in [-0.05, 0) is 24.8 Å². The van der Waals surface area contributed by atoms with Crippen molar-refractivity contribution in [2.45, 2.75) is 25.8 Å². The summed E-state index contributed by atoms with van der Waals surface area (Å²) in [6.45, 7) is 2.80. The summed E-state index contributed by atoms with van der Waals surface area (Å²) in [7, 11) is 0. The summed E-state index contributed by atoms with van der Waals surface area (Å²) in [5.41, 5.74) is 5.10. The van der Waals surface area contributed by atoms with Crippen molar-refractivity contribution in [3.8, 4) is 0 Å². The first-order valence-corrected chi connectivity index (χ1v) is 8.43. The Morgan fingerprint density at radius 2 is 2.15 bits per heavy atom. The lowest BCUT2D eigenvalue weighted by atomic mass is 9.92. The normalized spacial score (nSPS) is 19.4. The first-order chi connectivity index (χ1) is 11.8. The second kappa shape index (κ2) is 9.70. The van der Waals surface area contributed by atoms with E-state index >= 15 is 0 Å². The Hall–Kier alpha value is -1.90. The molecule has 2 rings (SSSR count). The van der Waals surface area contributed by atoms with Crippen molar-refractivity contribution < 1.29 is 14.5 Å². The number of likely N-dealkylation sites (tertiary alicyclic amines) is 1. The molecular formula is C16H22Cl2N4O4. The lowest BCUT2D eigenvalue weighted by Gasteiger charge is -2.38. The molecule has 1 aromatic rings. The number of nitrogens with one attached hydrogen (secondary N) is 1. The first kappa shape index (κ1) is 22.1. The molecule has 26 heavy (non-hydrogen) atoms. The van der Waals surface area contributed by atoms with Gasteiger partial charge in [0.05, 0.1) is 16.5 Å². The Kier molecular flexibility index (Phi) is 8.26. The van der Waals surface area contributed by atoms with Crippen LogP contribution in [-0.4, -0.2) is 47.3 Å². The van der Waals surface area contributed by atoms with Crippen LogP contribution in [0.2, 0.25) is 5.02 Å². The number of rotatable bonds is 5. The van der Waals surface area contributed by atoms with E-state index in [1.807, 2.05) is 0 Å². The third kappa shape index (κ3) is 5.06. The predicted octanol–water partition coefficient (Wildman–Crippen LogP) is 1.99. The number of benzene rings is 1. The molecule has 1 aliphatic heterocycles. The van der Waals surface area contributed by atoms with E-state index in [4.69, 9.17) is 17.3 Å². The van der Waals surface area contributed by atoms with Gasteiger partial charge in [-0.1, -0.05) is 24.6 Å². The van der Waals surface area contributed by atoms with Crippen LogP contribution < -0.4 is 11.1 Å². The van der Waals surface area contributed by atoms with Crippen molar-refractivity contribution in [1.82, 2.24) is 10.2 Å². The molecule has 1 fully saturated rings. The Balaban J connectivity index is 0.00000338. The van der Waals surface area contributed by atoms with Crippen molar-refractivity contribution in [2.24, 2.45) is 11.7 Å². The average molecular weight is 405 g/mol. The summed E-state index contributed by atoms with van der Waals surface area (Å²) >= 11 is 5.92. The molecule has 0 radical (unpaired) electrons. The number of amides is 2. The third-order valence-corrected chi connectivity index (χ3v) is 4.70. The Morgan fingerprint density at radius 1 is 1.46 bits per heavy atom. The van der Waals surface area contributed by atoms with Gasteiger partial charge >= 0.3 is 0 Å². The van der Waals surface area contributed by atoms with Crippen molar-refractivity contribution >= 4 is 41.5 Å². The van der Waals surface area contributed by atoms with Crippen LogP contribution in [-0.2, 0) is 4.79 Å². The molecule has 0 saturated carbocycles. The molecule has 1 heterocycles. The van der Waals surface area contributed by atoms with Gasteiger partial charge in [0, 0.05) is 25.2 Å². The number of hydrogen-bond donors (Lipinski definition) is 2. The number of halogens is 2. The molecule has 2 amide bonds. The molecule has 0 aliphatic carbocycles. The maximum Gasteiger partial charge on any atom is 0.283 e. The number of nitro benzene ring substituents is 1. The molecule has 3 N–H and O–H groups in total. The standard InChI is InChI=1S/C16H21ClN4O4.ClH/c1-10-5-6-20(11(7-10)8-18)14(22)9-19-16(23)15-12(17)3-2-4-13(15)21(24)25;/h2-4,10-11H,5-9,18H2,1H3,(H,19,23);1H. The number of carbonyl (C=O) groups excluding carboxylic acids is 2. The SMILES string of the molecule is CC1CCN(C(=O)CNC(=O)c2c(Cl)cccc2[N+](=O)[O-])C(CN)C1.Cl. The largest absolute Gasteiger partial charge is 0.343 e. The first-order valence-electron chi connectivity index (χ1n) is 8.05. The van der Waals surface area contributed by atoms with Gasteiger partial charge < -0.3 is 16.0 Å². The highest BCUT2D eigenvalue weighted by Gasteiger charge is 2.30. The zero-order valence-electron chi connectivity index (χ0n) is 14.3. The van der Waals surface area contributed by atoms with Crippen LogP contribution in [0.15, 0.2) is 18.2 Å². The van der Waals surface area contributed by atoms with E-state index in [1.165, 1.54) is 18.2 Å². The molecule has 1 saturated heterocycles. The smallest absolute Gasteiger partial charge is 0.283 e. The van der Waals surface area contributed by atoms with Crippen LogP contribution >= 0.6 is 24.0 Å². The molecule has 10 heteroatoms. The van der Waals surface area contributed by atoms with Gasteiger partial charge in [0.2, 0.25) is 5.91 Å². The van der Waals surface area contributed by atoms with Gasteiger partial charge in [-0.3, -0.25) is 19.7 Å². The third-order valence-electron chi connectivity index (χ3n) is 4.39. The number of piperidine rings is 1. The Morgan fingerprint density at radius 3 is 2.77 bits per heavy atom. The van der Waals surface area contributed by atoms with E-state index in [0.717, 1.165) is 12.8 Å². The second-order valence-electron chi connectivity index (χ2n) is 6.18. The summed E-state index contributed by atoms with van der Waals surface area (Å²) in [5, 5.41) is 13.4. The highest BCUT2D eigenvalue weighted by molar-refractivity contribution is 6.34. The van der Waals surface area contributed by atoms with Crippen LogP contribution in [0.5, 0.6) is 0 Å². The minimum atomic E-state index is -0.750. The van der Waals surface area contributed by atoms with Crippen molar-refractivity contribution in [2.75, 3.05) is 19.6 Å². The summed E-state index contributed by atoms with van der Waals surface area (Å²) < 4.78 is 0. The zero-order chi connectivity index (χ0) is 18.6. The molecule has 1 aliphatic rings. The summed E-state index contributed by atoms with van der Waals surface area (Å²) in [5.74, 6) is -0.510. The van der Waals surface area contributed by atoms with E-state index in [-0.39, 0.29) is 41.5 Å². The molecule has 0 aromatic heterocycles. The molecule has 2 unspecified atom stereocenters. The van der Waals surface area contributed by atoms with Gasteiger partial charge in [-0.2, -0.15) is 0 Å². The molecule has 8 nitrogen and oxygen atoms in total. The lowest BCUT2D eigenvalue weighted by Crippen LogP contribution is -2.52. The number of nitrogens with zero attached hydrogens (tertiary/aromatic N) is 2. The number of nitro groups is 1. The van der Waals surface area contributed by atoms with Crippen LogP contribution in [0.1, 0.15) is 30.1 Å². The van der Waals surface area contributed by atoms with Crippen LogP contribution in [0.4, 0.5) is 5.69 Å². The van der Waals surface area contributed by atoms with E-state index < -0.39 is 16.5 Å². The Labute approximate surface area is 162 Å². The maximum absolute atomic E-state index is 12.4. The molecule has 144 valence electrons. The van der Waals surface area contributed by atoms with Crippen LogP contribution in [0, 0.1) is 16.0 Å². The minimum absolute atomic E-state index is 0. The summed E-state index contributed by atoms with van der Waals surface area (Å²) in [6, 6.07) is 3.92. The number of nitrogens with two attached hydrogens (primary N) is 1. The van der Waals surface area contributed by atoms with E-state index in [1.54, 1.807) is 4.90 Å². The monoisotopic (exact) mass is 404 g/mol. The second-order valence-corrected chi connectivity index (χ2v) is 6.59. The molecule has 0 bridgehead atoms. The van der Waals surface area contributed by atoms with Gasteiger partial charge in [-0.15, -0.1) is 12.4 Å². The highest BCUT2D eigenvalue weighted by Crippen LogP contribution is 2.26. The highest BCUT2D eigenvalue weighted by atomic mass is 35.5. The lowest BCUT2D eigenvalue weighted by molar-refractivity contribution is -0.385. The van der Waals surface area contributed by atoms with Crippen molar-refractivity contribution in [3.05, 3.63) is 38.9 Å². The fourth-order valence-electron chi connectivity index (χ4n) is 3.04. The number of carbonyl (C=O) groups is 2. The van der Waals surface area contributed by atoms with Gasteiger partial charge in [0.1, 0.15) is 5.56 Å². The van der Waals surface area contributed by atoms with Crippen molar-refractivity contribution in [1.29, 1.82) is 0 Å². The van der Waals surface area contributed by atoms with Gasteiger partial charge in [0.25, 0.3) is 11.6 Å². The van der Waals surface area contributed by atoms with Crippen LogP contribution in [0.25, 0.3) is 0 Å². The fraction of sp³-hybridized carbons (Fsp3) is 0.500. The maximum atomic E-state index is 12.4. The fourth-order valence-corrected chi connectivity index (χ4v) is 3.29. The van der Waals surface area contributed by atoms with Gasteiger partial charge in [0.15, 0.2) is 0 Å². The van der Waals surface area contributed by atoms with E-state index in [0.29, 0.717) is 19.0 Å².